The Bertz CT molecular complexity index is 524. The summed E-state index contributed by atoms with van der Waals surface area (Å²) in [5.41, 5.74) is 2.17. The summed E-state index contributed by atoms with van der Waals surface area (Å²) in [7, 11) is 2.02. The Balaban J connectivity index is 1.89. The van der Waals surface area contributed by atoms with Gasteiger partial charge in [-0.2, -0.15) is 0 Å². The van der Waals surface area contributed by atoms with Crippen LogP contribution in [0.1, 0.15) is 25.1 Å². The Morgan fingerprint density at radius 3 is 2.52 bits per heavy atom. The van der Waals surface area contributed by atoms with Crippen LogP contribution in [-0.4, -0.2) is 28.5 Å². The molecule has 0 spiro atoms. The predicted octanol–water partition coefficient (Wildman–Crippen LogP) is 2.25. The lowest BCUT2D eigenvalue weighted by molar-refractivity contribution is 0.547. The first-order valence-electron chi connectivity index (χ1n) is 7.27. The number of nitrogens with one attached hydrogen (secondary N) is 1. The Kier molecular flexibility index (Phi) is 5.63. The molecule has 21 heavy (non-hydrogen) atoms. The molecule has 0 radical (unpaired) electrons. The maximum Gasteiger partial charge on any atom is 0.147 e. The summed E-state index contributed by atoms with van der Waals surface area (Å²) in [5.74, 6) is 1.52. The predicted molar refractivity (Wildman–Crippen MR) is 84.9 cm³/mol. The normalized spacial score (nSPS) is 10.9. The van der Waals surface area contributed by atoms with Gasteiger partial charge in [-0.25, -0.2) is 4.98 Å². The zero-order valence-electron chi connectivity index (χ0n) is 13.0. The van der Waals surface area contributed by atoms with Crippen molar-refractivity contribution in [3.05, 3.63) is 48.2 Å². The number of nitrogens with zero attached hydrogens (tertiary/aromatic N) is 4. The van der Waals surface area contributed by atoms with Crippen molar-refractivity contribution < 1.29 is 0 Å². The van der Waals surface area contributed by atoms with Gasteiger partial charge in [-0.15, -0.1) is 0 Å². The van der Waals surface area contributed by atoms with Crippen LogP contribution in [0.3, 0.4) is 0 Å². The van der Waals surface area contributed by atoms with Gasteiger partial charge in [0, 0.05) is 32.5 Å². The zero-order chi connectivity index (χ0) is 15.1. The SMILES string of the molecule is CC(C)CNCc1cnc(N(C)Cc2ccncc2)cn1. The van der Waals surface area contributed by atoms with Crippen LogP contribution in [0.2, 0.25) is 0 Å². The van der Waals surface area contributed by atoms with E-state index in [4.69, 9.17) is 0 Å². The first-order chi connectivity index (χ1) is 10.1. The van der Waals surface area contributed by atoms with Crippen LogP contribution >= 0.6 is 0 Å². The topological polar surface area (TPSA) is 53.9 Å². The summed E-state index contributed by atoms with van der Waals surface area (Å²) in [6, 6.07) is 4.02. The molecule has 2 heterocycles. The number of hydrogen-bond acceptors (Lipinski definition) is 5. The average Bonchev–Trinajstić information content (AvgIpc) is 2.48. The minimum absolute atomic E-state index is 0.642. The lowest BCUT2D eigenvalue weighted by Crippen LogP contribution is -2.21. The molecule has 0 bridgehead atoms. The third kappa shape index (κ3) is 5.11. The van der Waals surface area contributed by atoms with E-state index in [0.717, 1.165) is 31.1 Å². The maximum absolute atomic E-state index is 4.48. The number of aromatic nitrogens is 3. The molecule has 0 fully saturated rings. The lowest BCUT2D eigenvalue weighted by atomic mass is 10.2. The van der Waals surface area contributed by atoms with Crippen molar-refractivity contribution in [3.8, 4) is 0 Å². The van der Waals surface area contributed by atoms with Gasteiger partial charge >= 0.3 is 0 Å². The highest BCUT2D eigenvalue weighted by molar-refractivity contribution is 5.35. The summed E-state index contributed by atoms with van der Waals surface area (Å²) in [5, 5.41) is 3.37. The lowest BCUT2D eigenvalue weighted by Gasteiger charge is -2.18. The third-order valence-corrected chi connectivity index (χ3v) is 3.11. The largest absolute Gasteiger partial charge is 0.354 e. The van der Waals surface area contributed by atoms with Crippen LogP contribution in [0, 0.1) is 5.92 Å². The van der Waals surface area contributed by atoms with Crippen molar-refractivity contribution in [3.63, 3.8) is 0 Å². The molecule has 2 aromatic heterocycles. The van der Waals surface area contributed by atoms with Crippen LogP contribution < -0.4 is 10.2 Å². The van der Waals surface area contributed by atoms with E-state index in [2.05, 4.69) is 39.0 Å². The van der Waals surface area contributed by atoms with Crippen LogP contribution in [0.15, 0.2) is 36.9 Å². The van der Waals surface area contributed by atoms with Crippen molar-refractivity contribution >= 4 is 5.82 Å². The van der Waals surface area contributed by atoms with Gasteiger partial charge in [0.1, 0.15) is 5.82 Å². The van der Waals surface area contributed by atoms with Gasteiger partial charge < -0.3 is 10.2 Å². The second-order valence-corrected chi connectivity index (χ2v) is 5.60. The van der Waals surface area contributed by atoms with Gasteiger partial charge in [0.2, 0.25) is 0 Å². The van der Waals surface area contributed by atoms with Crippen LogP contribution in [0.4, 0.5) is 5.82 Å². The molecule has 112 valence electrons. The van der Waals surface area contributed by atoms with E-state index in [0.29, 0.717) is 5.92 Å². The van der Waals surface area contributed by atoms with Crippen molar-refractivity contribution in [1.82, 2.24) is 20.3 Å². The van der Waals surface area contributed by atoms with E-state index in [1.54, 1.807) is 12.4 Å². The van der Waals surface area contributed by atoms with E-state index in [9.17, 15) is 0 Å². The number of rotatable bonds is 7. The fourth-order valence-electron chi connectivity index (χ4n) is 1.97. The summed E-state index contributed by atoms with van der Waals surface area (Å²) >= 11 is 0. The van der Waals surface area contributed by atoms with E-state index < -0.39 is 0 Å². The van der Waals surface area contributed by atoms with E-state index in [-0.39, 0.29) is 0 Å². The molecule has 0 saturated carbocycles. The minimum Gasteiger partial charge on any atom is -0.354 e. The van der Waals surface area contributed by atoms with Gasteiger partial charge in [-0.3, -0.25) is 9.97 Å². The van der Waals surface area contributed by atoms with Crippen molar-refractivity contribution in [1.29, 1.82) is 0 Å². The van der Waals surface area contributed by atoms with Crippen LogP contribution in [0.5, 0.6) is 0 Å². The standard InChI is InChI=1S/C16H23N5/c1-13(2)8-18-9-15-10-20-16(11-19-15)21(3)12-14-4-6-17-7-5-14/h4-7,10-11,13,18H,8-9,12H2,1-3H3. The van der Waals surface area contributed by atoms with E-state index >= 15 is 0 Å². The number of pyridine rings is 1. The monoisotopic (exact) mass is 285 g/mol. The molecule has 2 rings (SSSR count). The quantitative estimate of drug-likeness (QED) is 0.845. The molecule has 0 aliphatic heterocycles. The fraction of sp³-hybridized carbons (Fsp3) is 0.438. The molecule has 0 saturated heterocycles. The highest BCUT2D eigenvalue weighted by Crippen LogP contribution is 2.11. The molecule has 0 aliphatic rings. The summed E-state index contributed by atoms with van der Waals surface area (Å²) in [6.07, 6.45) is 7.27. The molecule has 5 heteroatoms. The smallest absolute Gasteiger partial charge is 0.147 e. The Morgan fingerprint density at radius 1 is 1.14 bits per heavy atom. The third-order valence-electron chi connectivity index (χ3n) is 3.11. The van der Waals surface area contributed by atoms with Gasteiger partial charge in [-0.05, 0) is 30.2 Å². The Labute approximate surface area is 126 Å². The highest BCUT2D eigenvalue weighted by Gasteiger charge is 2.04. The number of hydrogen-bond donors (Lipinski definition) is 1. The Hall–Kier alpha value is -2.01. The molecule has 0 aliphatic carbocycles. The van der Waals surface area contributed by atoms with Crippen molar-refractivity contribution in [2.45, 2.75) is 26.9 Å². The molecular formula is C16H23N5. The first kappa shape index (κ1) is 15.4. The zero-order valence-corrected chi connectivity index (χ0v) is 13.0. The van der Waals surface area contributed by atoms with Gasteiger partial charge in [0.25, 0.3) is 0 Å². The Morgan fingerprint density at radius 2 is 1.90 bits per heavy atom. The van der Waals surface area contributed by atoms with Gasteiger partial charge in [0.05, 0.1) is 18.1 Å². The molecule has 5 nitrogen and oxygen atoms in total. The summed E-state index contributed by atoms with van der Waals surface area (Å²) in [6.45, 7) is 6.93. The van der Waals surface area contributed by atoms with Crippen molar-refractivity contribution in [2.24, 2.45) is 5.92 Å². The summed E-state index contributed by atoms with van der Waals surface area (Å²) in [4.78, 5) is 15.0. The second-order valence-electron chi connectivity index (χ2n) is 5.60. The van der Waals surface area contributed by atoms with Gasteiger partial charge in [-0.1, -0.05) is 13.8 Å². The molecule has 0 amide bonds. The first-order valence-corrected chi connectivity index (χ1v) is 7.27. The van der Waals surface area contributed by atoms with Crippen molar-refractivity contribution in [2.75, 3.05) is 18.5 Å². The highest BCUT2D eigenvalue weighted by atomic mass is 15.2. The van der Waals surface area contributed by atoms with Crippen LogP contribution in [0.25, 0.3) is 0 Å². The van der Waals surface area contributed by atoms with E-state index in [1.807, 2.05) is 31.6 Å². The summed E-state index contributed by atoms with van der Waals surface area (Å²) < 4.78 is 0. The number of anilines is 1. The average molecular weight is 285 g/mol. The fourth-order valence-corrected chi connectivity index (χ4v) is 1.97. The molecule has 0 atom stereocenters. The maximum atomic E-state index is 4.48. The van der Waals surface area contributed by atoms with Crippen LogP contribution in [-0.2, 0) is 13.1 Å². The molecule has 2 aromatic rings. The van der Waals surface area contributed by atoms with E-state index in [1.165, 1.54) is 5.56 Å². The second kappa shape index (κ2) is 7.69. The molecule has 0 aromatic carbocycles. The van der Waals surface area contributed by atoms with Gasteiger partial charge in [0.15, 0.2) is 0 Å². The molecule has 0 unspecified atom stereocenters. The minimum atomic E-state index is 0.642. The molecular weight excluding hydrogens is 262 g/mol. The molecule has 1 N–H and O–H groups in total.